The van der Waals surface area contributed by atoms with E-state index < -0.39 is 5.60 Å². The van der Waals surface area contributed by atoms with Gasteiger partial charge in [-0.05, 0) is 49.2 Å². The molecule has 0 aliphatic heterocycles. The molecule has 2 nitrogen and oxygen atoms in total. The normalized spacial score (nSPS) is 40.5. The molecule has 2 N–H and O–H groups in total. The molecule has 1 aromatic rings. The highest BCUT2D eigenvalue weighted by Gasteiger charge is 2.57. The first-order chi connectivity index (χ1) is 9.16. The zero-order valence-electron chi connectivity index (χ0n) is 11.3. The zero-order valence-corrected chi connectivity index (χ0v) is 11.3. The van der Waals surface area contributed by atoms with Crippen molar-refractivity contribution in [2.24, 2.45) is 11.8 Å². The smallest absolute Gasteiger partial charge is 0.0869 e. The van der Waals surface area contributed by atoms with Crippen molar-refractivity contribution in [1.82, 2.24) is 5.32 Å². The number of hydrogen-bond donors (Lipinski definition) is 2. The first kappa shape index (κ1) is 11.7. The Labute approximate surface area is 114 Å². The minimum absolute atomic E-state index is 0.369. The van der Waals surface area contributed by atoms with Gasteiger partial charge in [0.25, 0.3) is 0 Å². The summed E-state index contributed by atoms with van der Waals surface area (Å²) in [4.78, 5) is 0. The van der Waals surface area contributed by atoms with E-state index >= 15 is 0 Å². The third-order valence-corrected chi connectivity index (χ3v) is 5.36. The second kappa shape index (κ2) is 3.94. The van der Waals surface area contributed by atoms with Crippen LogP contribution in [-0.4, -0.2) is 16.7 Å². The quantitative estimate of drug-likeness (QED) is 0.814. The van der Waals surface area contributed by atoms with Crippen molar-refractivity contribution >= 4 is 0 Å². The lowest BCUT2D eigenvalue weighted by Gasteiger charge is -2.59. The summed E-state index contributed by atoms with van der Waals surface area (Å²) >= 11 is 0. The van der Waals surface area contributed by atoms with Gasteiger partial charge in [-0.3, -0.25) is 0 Å². The fourth-order valence-electron chi connectivity index (χ4n) is 4.38. The molecule has 2 heteroatoms. The molecule has 6 rings (SSSR count). The fourth-order valence-corrected chi connectivity index (χ4v) is 4.38. The number of benzene rings is 1. The van der Waals surface area contributed by atoms with Gasteiger partial charge in [-0.2, -0.15) is 0 Å². The Kier molecular flexibility index (Phi) is 2.42. The Balaban J connectivity index is 1.52. The van der Waals surface area contributed by atoms with E-state index in [1.807, 2.05) is 0 Å². The number of aliphatic hydroxyl groups is 1. The molecular weight excluding hydrogens is 234 g/mol. The lowest BCUT2D eigenvalue weighted by Crippen LogP contribution is -2.60. The molecule has 19 heavy (non-hydrogen) atoms. The van der Waals surface area contributed by atoms with E-state index in [1.165, 1.54) is 17.6 Å². The number of nitrogens with one attached hydrogen (secondary N) is 1. The lowest BCUT2D eigenvalue weighted by molar-refractivity contribution is -0.0825. The van der Waals surface area contributed by atoms with E-state index in [9.17, 15) is 5.11 Å². The molecular formula is C17H21NO. The van der Waals surface area contributed by atoms with Crippen LogP contribution in [0.4, 0.5) is 0 Å². The van der Waals surface area contributed by atoms with Crippen molar-refractivity contribution in [3.05, 3.63) is 47.5 Å². The van der Waals surface area contributed by atoms with Crippen molar-refractivity contribution in [3.63, 3.8) is 0 Å². The SMILES string of the molecule is C[C@H](N[C@@H]1C=C2C3C[C@H]1C[C@@]2(O)C3)c1ccccc1. The summed E-state index contributed by atoms with van der Waals surface area (Å²) in [7, 11) is 0. The maximum Gasteiger partial charge on any atom is 0.0869 e. The second-order valence-electron chi connectivity index (χ2n) is 6.58. The first-order valence-electron chi connectivity index (χ1n) is 7.41. The molecule has 0 saturated heterocycles. The maximum absolute atomic E-state index is 10.4. The Morgan fingerprint density at radius 2 is 2.05 bits per heavy atom. The van der Waals surface area contributed by atoms with Gasteiger partial charge in [0.2, 0.25) is 0 Å². The van der Waals surface area contributed by atoms with Gasteiger partial charge >= 0.3 is 0 Å². The van der Waals surface area contributed by atoms with E-state index in [4.69, 9.17) is 0 Å². The molecule has 1 unspecified atom stereocenters. The minimum Gasteiger partial charge on any atom is -0.385 e. The van der Waals surface area contributed by atoms with Gasteiger partial charge in [0, 0.05) is 12.1 Å². The van der Waals surface area contributed by atoms with Crippen LogP contribution in [0, 0.1) is 11.8 Å². The van der Waals surface area contributed by atoms with Crippen LogP contribution in [0.25, 0.3) is 0 Å². The highest BCUT2D eigenvalue weighted by molar-refractivity contribution is 5.39. The predicted octanol–water partition coefficient (Wildman–Crippen LogP) is 2.81. The van der Waals surface area contributed by atoms with Crippen molar-refractivity contribution in [2.75, 3.05) is 0 Å². The molecule has 0 amide bonds. The van der Waals surface area contributed by atoms with Gasteiger partial charge in [-0.1, -0.05) is 36.4 Å². The molecule has 0 heterocycles. The lowest BCUT2D eigenvalue weighted by atomic mass is 9.50. The molecule has 0 spiro atoms. The van der Waals surface area contributed by atoms with Crippen molar-refractivity contribution < 1.29 is 5.11 Å². The van der Waals surface area contributed by atoms with Crippen LogP contribution in [0.1, 0.15) is 37.8 Å². The van der Waals surface area contributed by atoms with E-state index in [2.05, 4.69) is 48.6 Å². The van der Waals surface area contributed by atoms with Crippen molar-refractivity contribution in [2.45, 2.75) is 43.9 Å². The number of rotatable bonds is 3. The summed E-state index contributed by atoms with van der Waals surface area (Å²) in [6, 6.07) is 11.4. The highest BCUT2D eigenvalue weighted by Crippen LogP contribution is 2.59. The molecule has 1 aromatic carbocycles. The first-order valence-corrected chi connectivity index (χ1v) is 7.41. The summed E-state index contributed by atoms with van der Waals surface area (Å²) in [5.41, 5.74) is 2.25. The van der Waals surface area contributed by atoms with Crippen LogP contribution >= 0.6 is 0 Å². The van der Waals surface area contributed by atoms with Crippen molar-refractivity contribution in [3.8, 4) is 0 Å². The maximum atomic E-state index is 10.4. The van der Waals surface area contributed by atoms with Crippen molar-refractivity contribution in [1.29, 1.82) is 0 Å². The molecule has 3 fully saturated rings. The van der Waals surface area contributed by atoms with E-state index in [0.29, 0.717) is 23.9 Å². The van der Waals surface area contributed by atoms with Gasteiger partial charge < -0.3 is 10.4 Å². The third kappa shape index (κ3) is 1.70. The van der Waals surface area contributed by atoms with Gasteiger partial charge in [0.15, 0.2) is 0 Å². The summed E-state index contributed by atoms with van der Waals surface area (Å²) in [6.07, 6.45) is 5.57. The van der Waals surface area contributed by atoms with Crippen LogP contribution < -0.4 is 5.32 Å². The number of hydrogen-bond acceptors (Lipinski definition) is 2. The average Bonchev–Trinajstić information content (AvgIpc) is 2.42. The molecule has 0 aromatic heterocycles. The Morgan fingerprint density at radius 3 is 2.68 bits per heavy atom. The Hall–Kier alpha value is -1.12. The number of fused-ring (bicyclic) bond motifs is 1. The molecule has 0 radical (unpaired) electrons. The Bertz CT molecular complexity index is 523. The standard InChI is InChI=1S/C17H21NO/c1-11(12-5-3-2-4-6-12)18-16-8-15-13-7-14(16)10-17(15,19)9-13/h2-6,8,11,13-14,16,18-19H,7,9-10H2,1H3/t11-,13?,14-,16+,17-/m0/s1. The molecule has 5 aliphatic carbocycles. The molecule has 4 bridgehead atoms. The minimum atomic E-state index is -0.415. The summed E-state index contributed by atoms with van der Waals surface area (Å²) in [6.45, 7) is 2.23. The van der Waals surface area contributed by atoms with Crippen LogP contribution in [0.15, 0.2) is 42.0 Å². The summed E-state index contributed by atoms with van der Waals surface area (Å²) in [5.74, 6) is 1.31. The molecule has 3 saturated carbocycles. The molecule has 5 atom stereocenters. The van der Waals surface area contributed by atoms with Crippen LogP contribution in [0.5, 0.6) is 0 Å². The largest absolute Gasteiger partial charge is 0.385 e. The molecule has 5 aliphatic rings. The monoisotopic (exact) mass is 255 g/mol. The van der Waals surface area contributed by atoms with Gasteiger partial charge in [-0.15, -0.1) is 0 Å². The summed E-state index contributed by atoms with van der Waals surface area (Å²) < 4.78 is 0. The topological polar surface area (TPSA) is 32.3 Å². The Morgan fingerprint density at radius 1 is 1.26 bits per heavy atom. The van der Waals surface area contributed by atoms with Crippen LogP contribution in [0.2, 0.25) is 0 Å². The summed E-state index contributed by atoms with van der Waals surface area (Å²) in [5, 5.41) is 14.1. The van der Waals surface area contributed by atoms with E-state index in [1.54, 1.807) is 0 Å². The fraction of sp³-hybridized carbons (Fsp3) is 0.529. The molecule has 100 valence electrons. The third-order valence-electron chi connectivity index (χ3n) is 5.36. The van der Waals surface area contributed by atoms with Gasteiger partial charge in [-0.25, -0.2) is 0 Å². The van der Waals surface area contributed by atoms with Gasteiger partial charge in [0.1, 0.15) is 0 Å². The van der Waals surface area contributed by atoms with Gasteiger partial charge in [0.05, 0.1) is 5.60 Å². The highest BCUT2D eigenvalue weighted by atomic mass is 16.3. The van der Waals surface area contributed by atoms with E-state index in [0.717, 1.165) is 12.8 Å². The van der Waals surface area contributed by atoms with Crippen LogP contribution in [-0.2, 0) is 0 Å². The van der Waals surface area contributed by atoms with Crippen LogP contribution in [0.3, 0.4) is 0 Å². The second-order valence-corrected chi connectivity index (χ2v) is 6.58. The zero-order chi connectivity index (χ0) is 13.0. The predicted molar refractivity (Wildman–Crippen MR) is 75.6 cm³/mol. The van der Waals surface area contributed by atoms with E-state index in [-0.39, 0.29) is 0 Å². The average molecular weight is 255 g/mol.